The molecule has 0 radical (unpaired) electrons. The minimum Gasteiger partial charge on any atom is -0.494 e. The minimum absolute atomic E-state index is 0.0674. The van der Waals surface area contributed by atoms with E-state index in [1.54, 1.807) is 12.1 Å². The van der Waals surface area contributed by atoms with Gasteiger partial charge in [-0.3, -0.25) is 0 Å². The van der Waals surface area contributed by atoms with Crippen LogP contribution >= 0.6 is 0 Å². The van der Waals surface area contributed by atoms with Gasteiger partial charge in [-0.1, -0.05) is 24.3 Å². The lowest BCUT2D eigenvalue weighted by Gasteiger charge is -2.12. The maximum absolute atomic E-state index is 12.8. The van der Waals surface area contributed by atoms with E-state index < -0.39 is 0 Å². The maximum atomic E-state index is 12.8. The Kier molecular flexibility index (Phi) is 5.13. The van der Waals surface area contributed by atoms with Crippen LogP contribution < -0.4 is 10.5 Å². The molecule has 0 amide bonds. The molecule has 0 aromatic heterocycles. The second-order valence-electron chi connectivity index (χ2n) is 4.77. The number of hydrogen-bond acceptors (Lipinski definition) is 2. The van der Waals surface area contributed by atoms with E-state index in [2.05, 4.69) is 12.1 Å². The second-order valence-corrected chi connectivity index (χ2v) is 4.77. The van der Waals surface area contributed by atoms with Gasteiger partial charge in [0.1, 0.15) is 11.6 Å². The highest BCUT2D eigenvalue weighted by Crippen LogP contribution is 2.19. The monoisotopic (exact) mass is 273 g/mol. The van der Waals surface area contributed by atoms with Gasteiger partial charge in [-0.05, 0) is 55.2 Å². The normalized spacial score (nSPS) is 12.2. The molecule has 0 aliphatic rings. The first-order valence-corrected chi connectivity index (χ1v) is 6.92. The molecule has 0 bridgehead atoms. The van der Waals surface area contributed by atoms with Crippen LogP contribution in [0.2, 0.25) is 0 Å². The largest absolute Gasteiger partial charge is 0.494 e. The van der Waals surface area contributed by atoms with Gasteiger partial charge in [0.15, 0.2) is 0 Å². The Morgan fingerprint density at radius 3 is 2.30 bits per heavy atom. The molecule has 0 aliphatic carbocycles. The molecule has 0 aliphatic heterocycles. The summed E-state index contributed by atoms with van der Waals surface area (Å²) in [5, 5.41) is 0. The summed E-state index contributed by atoms with van der Waals surface area (Å²) in [7, 11) is 0. The van der Waals surface area contributed by atoms with E-state index >= 15 is 0 Å². The Labute approximate surface area is 119 Å². The summed E-state index contributed by atoms with van der Waals surface area (Å²) < 4.78 is 18.3. The van der Waals surface area contributed by atoms with E-state index in [-0.39, 0.29) is 11.9 Å². The predicted molar refractivity (Wildman–Crippen MR) is 79.3 cm³/mol. The molecule has 0 saturated carbocycles. The average molecular weight is 273 g/mol. The van der Waals surface area contributed by atoms with Crippen LogP contribution in [0.5, 0.6) is 5.75 Å². The molecule has 2 N–H and O–H groups in total. The van der Waals surface area contributed by atoms with Crippen LogP contribution in [0.1, 0.15) is 30.5 Å². The number of benzene rings is 2. The number of halogens is 1. The minimum atomic E-state index is -0.229. The molecule has 20 heavy (non-hydrogen) atoms. The third kappa shape index (κ3) is 4.07. The highest BCUT2D eigenvalue weighted by Gasteiger charge is 2.06. The van der Waals surface area contributed by atoms with Crippen molar-refractivity contribution in [2.24, 2.45) is 5.73 Å². The van der Waals surface area contributed by atoms with E-state index in [1.165, 1.54) is 17.7 Å². The topological polar surface area (TPSA) is 35.2 Å². The Balaban J connectivity index is 1.89. The lowest BCUT2D eigenvalue weighted by molar-refractivity contribution is 0.340. The van der Waals surface area contributed by atoms with Crippen molar-refractivity contribution in [2.45, 2.75) is 25.8 Å². The number of rotatable bonds is 6. The van der Waals surface area contributed by atoms with Gasteiger partial charge in [0.25, 0.3) is 0 Å². The summed E-state index contributed by atoms with van der Waals surface area (Å²) in [6.07, 6.45) is 1.73. The molecule has 106 valence electrons. The molecule has 2 aromatic rings. The van der Waals surface area contributed by atoms with E-state index in [1.807, 2.05) is 19.1 Å². The van der Waals surface area contributed by atoms with Crippen LogP contribution in [0.25, 0.3) is 0 Å². The fourth-order valence-corrected chi connectivity index (χ4v) is 2.12. The van der Waals surface area contributed by atoms with E-state index in [9.17, 15) is 4.39 Å². The molecular formula is C17H20FNO. The van der Waals surface area contributed by atoms with Crippen LogP contribution in [-0.4, -0.2) is 6.61 Å². The van der Waals surface area contributed by atoms with Crippen molar-refractivity contribution in [3.63, 3.8) is 0 Å². The molecule has 1 unspecified atom stereocenters. The molecule has 2 nitrogen and oxygen atoms in total. The van der Waals surface area contributed by atoms with Gasteiger partial charge in [0.05, 0.1) is 6.61 Å². The second kappa shape index (κ2) is 7.06. The van der Waals surface area contributed by atoms with Crippen molar-refractivity contribution in [3.8, 4) is 5.75 Å². The van der Waals surface area contributed by atoms with Crippen LogP contribution in [0.15, 0.2) is 48.5 Å². The van der Waals surface area contributed by atoms with Crippen LogP contribution in [0.3, 0.4) is 0 Å². The molecule has 2 rings (SSSR count). The van der Waals surface area contributed by atoms with Gasteiger partial charge in [0, 0.05) is 6.04 Å². The smallest absolute Gasteiger partial charge is 0.123 e. The van der Waals surface area contributed by atoms with Crippen LogP contribution in [-0.2, 0) is 6.42 Å². The van der Waals surface area contributed by atoms with Crippen LogP contribution in [0, 0.1) is 5.82 Å². The van der Waals surface area contributed by atoms with Crippen molar-refractivity contribution >= 4 is 0 Å². The third-order valence-electron chi connectivity index (χ3n) is 3.28. The van der Waals surface area contributed by atoms with Gasteiger partial charge in [-0.25, -0.2) is 4.39 Å². The Morgan fingerprint density at radius 1 is 1.05 bits per heavy atom. The van der Waals surface area contributed by atoms with Gasteiger partial charge >= 0.3 is 0 Å². The first kappa shape index (κ1) is 14.5. The summed E-state index contributed by atoms with van der Waals surface area (Å²) in [4.78, 5) is 0. The van der Waals surface area contributed by atoms with Crippen molar-refractivity contribution in [2.75, 3.05) is 6.61 Å². The molecule has 0 saturated heterocycles. The van der Waals surface area contributed by atoms with Gasteiger partial charge in [-0.2, -0.15) is 0 Å². The Bertz CT molecular complexity index is 522. The highest BCUT2D eigenvalue weighted by atomic mass is 19.1. The summed E-state index contributed by atoms with van der Waals surface area (Å²) in [6, 6.07) is 14.4. The summed E-state index contributed by atoms with van der Waals surface area (Å²) in [5.41, 5.74) is 8.32. The van der Waals surface area contributed by atoms with Gasteiger partial charge in [0.2, 0.25) is 0 Å². The van der Waals surface area contributed by atoms with Crippen molar-refractivity contribution < 1.29 is 9.13 Å². The molecule has 0 heterocycles. The fourth-order valence-electron chi connectivity index (χ4n) is 2.12. The number of ether oxygens (including phenoxy) is 1. The number of aryl methyl sites for hydroxylation is 1. The summed E-state index contributed by atoms with van der Waals surface area (Å²) in [6.45, 7) is 2.64. The number of hydrogen-bond donors (Lipinski definition) is 1. The summed E-state index contributed by atoms with van der Waals surface area (Å²) in [5.74, 6) is 0.659. The Hall–Kier alpha value is -1.87. The quantitative estimate of drug-likeness (QED) is 0.867. The first-order valence-electron chi connectivity index (χ1n) is 6.92. The van der Waals surface area contributed by atoms with Crippen LogP contribution in [0.4, 0.5) is 4.39 Å². The average Bonchev–Trinajstić information content (AvgIpc) is 2.47. The standard InChI is InChI=1S/C17H20FNO/c1-2-20-16-10-3-13(4-11-16)5-12-17(19)14-6-8-15(18)9-7-14/h3-4,6-11,17H,2,5,12,19H2,1H3. The lowest BCUT2D eigenvalue weighted by Crippen LogP contribution is -2.11. The zero-order valence-electron chi connectivity index (χ0n) is 11.7. The van der Waals surface area contributed by atoms with E-state index in [4.69, 9.17) is 10.5 Å². The Morgan fingerprint density at radius 2 is 1.70 bits per heavy atom. The van der Waals surface area contributed by atoms with E-state index in [0.717, 1.165) is 24.2 Å². The molecule has 2 aromatic carbocycles. The first-order chi connectivity index (χ1) is 9.69. The maximum Gasteiger partial charge on any atom is 0.123 e. The number of nitrogens with two attached hydrogens (primary N) is 1. The highest BCUT2D eigenvalue weighted by molar-refractivity contribution is 5.27. The van der Waals surface area contributed by atoms with Gasteiger partial charge in [-0.15, -0.1) is 0 Å². The SMILES string of the molecule is CCOc1ccc(CCC(N)c2ccc(F)cc2)cc1. The molecule has 3 heteroatoms. The lowest BCUT2D eigenvalue weighted by atomic mass is 10.00. The molecule has 0 fully saturated rings. The zero-order chi connectivity index (χ0) is 14.4. The molecular weight excluding hydrogens is 253 g/mol. The van der Waals surface area contributed by atoms with Crippen molar-refractivity contribution in [1.29, 1.82) is 0 Å². The zero-order valence-corrected chi connectivity index (χ0v) is 11.7. The third-order valence-corrected chi connectivity index (χ3v) is 3.28. The molecule has 1 atom stereocenters. The predicted octanol–water partition coefficient (Wildman–Crippen LogP) is 3.86. The molecule has 0 spiro atoms. The van der Waals surface area contributed by atoms with Crippen molar-refractivity contribution in [1.82, 2.24) is 0 Å². The summed E-state index contributed by atoms with van der Waals surface area (Å²) >= 11 is 0. The van der Waals surface area contributed by atoms with Gasteiger partial charge < -0.3 is 10.5 Å². The van der Waals surface area contributed by atoms with Crippen molar-refractivity contribution in [3.05, 3.63) is 65.5 Å². The fraction of sp³-hybridized carbons (Fsp3) is 0.294. The van der Waals surface area contributed by atoms with E-state index in [0.29, 0.717) is 6.61 Å².